The summed E-state index contributed by atoms with van der Waals surface area (Å²) in [5.74, 6) is 0.440. The summed E-state index contributed by atoms with van der Waals surface area (Å²) >= 11 is 4.19. The van der Waals surface area contributed by atoms with Crippen LogP contribution in [-0.2, 0) is 0 Å². The Bertz CT molecular complexity index is 68.6. The molecule has 0 rings (SSSR count). The van der Waals surface area contributed by atoms with E-state index in [0.717, 1.165) is 0 Å². The molecular weight excluding hydrogens is 144 g/mol. The molecule has 0 aliphatic rings. The van der Waals surface area contributed by atoms with Gasteiger partial charge in [-0.2, -0.15) is 0 Å². The summed E-state index contributed by atoms with van der Waals surface area (Å²) < 4.78 is 0. The third-order valence-corrected chi connectivity index (χ3v) is 0.365. The highest BCUT2D eigenvalue weighted by atomic mass is 35.5. The number of hydrogen-bond donors (Lipinski definition) is 2. The van der Waals surface area contributed by atoms with Crippen LogP contribution in [0.25, 0.3) is 0 Å². The van der Waals surface area contributed by atoms with Gasteiger partial charge in [0, 0.05) is 18.2 Å². The summed E-state index contributed by atoms with van der Waals surface area (Å²) in [6.45, 7) is 4.25. The van der Waals surface area contributed by atoms with Crippen LogP contribution in [0.1, 0.15) is 13.8 Å². The second-order valence-electron chi connectivity index (χ2n) is 1.83. The maximum atomic E-state index is 8.77. The van der Waals surface area contributed by atoms with Gasteiger partial charge in [0.2, 0.25) is 0 Å². The molecule has 0 spiro atoms. The lowest BCUT2D eigenvalue weighted by molar-refractivity contribution is 0.220. The molecule has 9 heavy (non-hydrogen) atoms. The van der Waals surface area contributed by atoms with Crippen molar-refractivity contribution >= 4 is 17.0 Å². The van der Waals surface area contributed by atoms with Gasteiger partial charge >= 0.3 is 5.43 Å². The van der Waals surface area contributed by atoms with Crippen LogP contribution in [0.5, 0.6) is 0 Å². The van der Waals surface area contributed by atoms with Crippen molar-refractivity contribution in [2.24, 2.45) is 5.92 Å². The number of rotatable bonds is 1. The second-order valence-corrected chi connectivity index (χ2v) is 2.15. The van der Waals surface area contributed by atoms with Gasteiger partial charge in [-0.15, -0.1) is 0 Å². The number of halogens is 1. The third-order valence-electron chi connectivity index (χ3n) is 0.365. The lowest BCUT2D eigenvalue weighted by Crippen LogP contribution is -1.90. The lowest BCUT2D eigenvalue weighted by atomic mass is 10.2. The fraction of sp³-hybridized carbons (Fsp3) is 0.800. The molecule has 2 N–H and O–H groups in total. The highest BCUT2D eigenvalue weighted by molar-refractivity contribution is 6.60. The molecule has 0 aliphatic carbocycles. The van der Waals surface area contributed by atoms with E-state index in [0.29, 0.717) is 12.5 Å². The molecule has 0 aromatic carbocycles. The summed E-state index contributed by atoms with van der Waals surface area (Å²) in [5.41, 5.74) is -1.36. The van der Waals surface area contributed by atoms with E-state index in [9.17, 15) is 0 Å². The first-order valence-corrected chi connectivity index (χ1v) is 2.87. The molecule has 0 aromatic heterocycles. The maximum Gasteiger partial charge on any atom is 0.401 e. The van der Waals surface area contributed by atoms with Crippen molar-refractivity contribution in [1.29, 1.82) is 0 Å². The van der Waals surface area contributed by atoms with Crippen molar-refractivity contribution in [2.75, 3.05) is 6.61 Å². The Balaban J connectivity index is 0. The predicted octanol–water partition coefficient (Wildman–Crippen LogP) is 1.54. The van der Waals surface area contributed by atoms with Crippen molar-refractivity contribution in [3.05, 3.63) is 0 Å². The van der Waals surface area contributed by atoms with E-state index in [2.05, 4.69) is 11.6 Å². The topological polar surface area (TPSA) is 57.5 Å². The van der Waals surface area contributed by atoms with Gasteiger partial charge in [-0.05, 0) is 5.92 Å². The van der Waals surface area contributed by atoms with Gasteiger partial charge in [0.25, 0.3) is 0 Å². The van der Waals surface area contributed by atoms with Crippen molar-refractivity contribution in [3.8, 4) is 0 Å². The summed E-state index contributed by atoms with van der Waals surface area (Å²) in [6, 6.07) is 0. The van der Waals surface area contributed by atoms with E-state index in [-0.39, 0.29) is 0 Å². The Labute approximate surface area is 59.3 Å². The number of aliphatic hydroxyl groups excluding tert-OH is 1. The van der Waals surface area contributed by atoms with Crippen molar-refractivity contribution in [3.63, 3.8) is 0 Å². The molecule has 3 nitrogen and oxygen atoms in total. The molecule has 56 valence electrons. The summed E-state index contributed by atoms with van der Waals surface area (Å²) in [7, 11) is 0. The highest BCUT2D eigenvalue weighted by Crippen LogP contribution is 1.83. The van der Waals surface area contributed by atoms with Crippen molar-refractivity contribution < 1.29 is 15.0 Å². The van der Waals surface area contributed by atoms with E-state index in [4.69, 9.17) is 15.0 Å². The molecule has 0 amide bonds. The quantitative estimate of drug-likeness (QED) is 0.564. The van der Waals surface area contributed by atoms with Gasteiger partial charge < -0.3 is 10.2 Å². The number of hydrogen-bond acceptors (Lipinski definition) is 2. The third kappa shape index (κ3) is 85.4. The summed E-state index contributed by atoms with van der Waals surface area (Å²) in [4.78, 5) is 8.77. The van der Waals surface area contributed by atoms with Crippen LogP contribution in [-0.4, -0.2) is 22.2 Å². The Kier molecular flexibility index (Phi) is 9.87. The molecule has 0 radical (unpaired) electrons. The van der Waals surface area contributed by atoms with Gasteiger partial charge in [0.05, 0.1) is 0 Å². The minimum atomic E-state index is -1.36. The molecule has 0 atom stereocenters. The monoisotopic (exact) mass is 154 g/mol. The molecule has 0 aromatic rings. The molecule has 0 saturated heterocycles. The molecule has 0 unspecified atom stereocenters. The van der Waals surface area contributed by atoms with Crippen LogP contribution in [0.4, 0.5) is 4.79 Å². The van der Waals surface area contributed by atoms with Gasteiger partial charge in [-0.3, -0.25) is 0 Å². The first-order chi connectivity index (χ1) is 4.00. The predicted molar refractivity (Wildman–Crippen MR) is 35.8 cm³/mol. The first kappa shape index (κ1) is 11.5. The van der Waals surface area contributed by atoms with Gasteiger partial charge in [-0.25, -0.2) is 4.79 Å². The van der Waals surface area contributed by atoms with Gasteiger partial charge in [0.1, 0.15) is 0 Å². The van der Waals surface area contributed by atoms with Gasteiger partial charge in [0.15, 0.2) is 0 Å². The highest BCUT2D eigenvalue weighted by Gasteiger charge is 1.81. The largest absolute Gasteiger partial charge is 0.469 e. The minimum Gasteiger partial charge on any atom is -0.469 e. The van der Waals surface area contributed by atoms with E-state index >= 15 is 0 Å². The van der Waals surface area contributed by atoms with Crippen molar-refractivity contribution in [1.82, 2.24) is 0 Å². The zero-order valence-electron chi connectivity index (χ0n) is 5.47. The molecule has 0 saturated carbocycles. The van der Waals surface area contributed by atoms with Crippen molar-refractivity contribution in [2.45, 2.75) is 13.8 Å². The van der Waals surface area contributed by atoms with E-state index in [1.54, 1.807) is 0 Å². The average Bonchev–Trinajstić information content (AvgIpc) is 1.65. The Morgan fingerprint density at radius 1 is 1.67 bits per heavy atom. The average molecular weight is 155 g/mol. The number of carboxylic acid groups (broad SMARTS) is 1. The minimum absolute atomic E-state index is 0.306. The Morgan fingerprint density at radius 3 is 1.78 bits per heavy atom. The Morgan fingerprint density at radius 2 is 1.78 bits per heavy atom. The molecule has 0 fully saturated rings. The second kappa shape index (κ2) is 7.72. The smallest absolute Gasteiger partial charge is 0.401 e. The first-order valence-electron chi connectivity index (χ1n) is 2.50. The molecule has 0 heterocycles. The summed E-state index contributed by atoms with van der Waals surface area (Å²) in [5, 5.41) is 15.3. The van der Waals surface area contributed by atoms with Crippen LogP contribution >= 0.6 is 11.6 Å². The zero-order valence-corrected chi connectivity index (χ0v) is 6.22. The van der Waals surface area contributed by atoms with E-state index in [1.165, 1.54) is 0 Å². The van der Waals surface area contributed by atoms with Crippen LogP contribution in [0.2, 0.25) is 0 Å². The normalized spacial score (nSPS) is 8.11. The van der Waals surface area contributed by atoms with E-state index in [1.807, 2.05) is 13.8 Å². The standard InChI is InChI=1S/C4H10O.CHClO2/c1-4(2)3-5;2-1(3)4/h4-5H,3H2,1-2H3;(H,3,4). The molecular formula is C5H11ClO3. The zero-order chi connectivity index (χ0) is 7.86. The molecule has 0 aliphatic heterocycles. The van der Waals surface area contributed by atoms with Crippen LogP contribution in [0.15, 0.2) is 0 Å². The fourth-order valence-electron chi connectivity index (χ4n) is 0. The van der Waals surface area contributed by atoms with Crippen LogP contribution in [0, 0.1) is 5.92 Å². The van der Waals surface area contributed by atoms with E-state index < -0.39 is 5.43 Å². The van der Waals surface area contributed by atoms with Gasteiger partial charge in [-0.1, -0.05) is 13.8 Å². The number of aliphatic hydroxyl groups is 1. The Hall–Kier alpha value is -0.280. The fourth-order valence-corrected chi connectivity index (χ4v) is 0. The lowest BCUT2D eigenvalue weighted by Gasteiger charge is -1.90. The SMILES string of the molecule is CC(C)CO.O=C(O)Cl. The molecule has 4 heteroatoms. The number of carbonyl (C=O) groups is 1. The maximum absolute atomic E-state index is 8.77. The molecule has 0 bridgehead atoms. The van der Waals surface area contributed by atoms with Crippen LogP contribution in [0.3, 0.4) is 0 Å². The summed E-state index contributed by atoms with van der Waals surface area (Å²) in [6.07, 6.45) is 0. The van der Waals surface area contributed by atoms with Crippen LogP contribution < -0.4 is 0 Å².